The molecule has 164 valence electrons. The maximum Gasteiger partial charge on any atom is 0.351 e. The topological polar surface area (TPSA) is 77.5 Å². The van der Waals surface area contributed by atoms with E-state index in [-0.39, 0.29) is 25.4 Å². The Labute approximate surface area is 199 Å². The van der Waals surface area contributed by atoms with E-state index in [1.165, 1.54) is 12.6 Å². The van der Waals surface area contributed by atoms with Crippen molar-refractivity contribution in [3.05, 3.63) is 74.0 Å². The molecule has 6 nitrogen and oxygen atoms in total. The summed E-state index contributed by atoms with van der Waals surface area (Å²) in [6, 6.07) is 12.8. The second-order valence-electron chi connectivity index (χ2n) is 6.39. The second kappa shape index (κ2) is 11.5. The van der Waals surface area contributed by atoms with Crippen LogP contribution in [0.2, 0.25) is 10.0 Å². The number of nitrogens with zero attached hydrogens (tertiary/aromatic N) is 1. The van der Waals surface area contributed by atoms with Gasteiger partial charge >= 0.3 is 5.97 Å². The molecule has 3 rings (SSSR count). The molecule has 1 aromatic heterocycles. The number of carbonyl (C=O) groups excluding carboxylic acids is 2. The van der Waals surface area contributed by atoms with E-state index in [2.05, 4.69) is 22.1 Å². The van der Waals surface area contributed by atoms with Gasteiger partial charge in [0.2, 0.25) is 5.78 Å². The van der Waals surface area contributed by atoms with Gasteiger partial charge in [0.05, 0.1) is 24.2 Å². The second-order valence-corrected chi connectivity index (χ2v) is 8.06. The van der Waals surface area contributed by atoms with Crippen molar-refractivity contribution in [1.82, 2.24) is 4.98 Å². The van der Waals surface area contributed by atoms with Crippen LogP contribution in [0.4, 0.5) is 5.82 Å². The van der Waals surface area contributed by atoms with E-state index in [0.29, 0.717) is 32.1 Å². The summed E-state index contributed by atoms with van der Waals surface area (Å²) < 4.78 is 10.6. The molecule has 0 atom stereocenters. The minimum Gasteiger partial charge on any atom is -0.487 e. The summed E-state index contributed by atoms with van der Waals surface area (Å²) in [5, 5.41) is 3.63. The number of aromatic nitrogens is 1. The van der Waals surface area contributed by atoms with E-state index in [4.69, 9.17) is 32.7 Å². The molecule has 1 N–H and O–H groups in total. The van der Waals surface area contributed by atoms with Gasteiger partial charge < -0.3 is 14.8 Å². The first kappa shape index (κ1) is 23.6. The van der Waals surface area contributed by atoms with Crippen molar-refractivity contribution in [2.24, 2.45) is 0 Å². The SMILES string of the molecule is COC(=O)c1scnc1NCC#CC(=O)Cc1c(Cl)ccc(Cl)c1OCc1ccccc1. The number of ketones is 1. The average molecular weight is 489 g/mol. The Bertz CT molecular complexity index is 1170. The fraction of sp³-hybridized carbons (Fsp3) is 0.174. The molecule has 0 saturated carbocycles. The molecule has 0 radical (unpaired) electrons. The maximum atomic E-state index is 12.4. The number of esters is 1. The van der Waals surface area contributed by atoms with Crippen molar-refractivity contribution in [2.45, 2.75) is 13.0 Å². The molecule has 0 spiro atoms. The molecule has 9 heteroatoms. The summed E-state index contributed by atoms with van der Waals surface area (Å²) >= 11 is 13.8. The van der Waals surface area contributed by atoms with Gasteiger partial charge in [-0.3, -0.25) is 4.79 Å². The van der Waals surface area contributed by atoms with Gasteiger partial charge in [-0.25, -0.2) is 9.78 Å². The first-order valence-electron chi connectivity index (χ1n) is 9.40. The standard InChI is InChI=1S/C23H18Cl2N2O4S/c1-30-23(29)21-22(27-14-32-21)26-11-5-8-16(28)12-17-18(24)9-10-19(25)20(17)31-13-15-6-3-2-4-7-15/h2-4,6-7,9-10,14,26H,11-13H2,1H3. The summed E-state index contributed by atoms with van der Waals surface area (Å²) in [4.78, 5) is 28.5. The van der Waals surface area contributed by atoms with Gasteiger partial charge in [0.25, 0.3) is 0 Å². The first-order chi connectivity index (χ1) is 15.5. The molecule has 32 heavy (non-hydrogen) atoms. The highest BCUT2D eigenvalue weighted by molar-refractivity contribution is 7.12. The number of benzene rings is 2. The molecule has 0 fully saturated rings. The van der Waals surface area contributed by atoms with Gasteiger partial charge in [0, 0.05) is 17.0 Å². The summed E-state index contributed by atoms with van der Waals surface area (Å²) in [6.07, 6.45) is -0.0549. The minimum atomic E-state index is -0.488. The van der Waals surface area contributed by atoms with Crippen LogP contribution in [0.3, 0.4) is 0 Å². The molecular weight excluding hydrogens is 471 g/mol. The van der Waals surface area contributed by atoms with Crippen LogP contribution in [0.25, 0.3) is 0 Å². The third-order valence-electron chi connectivity index (χ3n) is 4.23. The van der Waals surface area contributed by atoms with Crippen LogP contribution in [0.1, 0.15) is 20.8 Å². The van der Waals surface area contributed by atoms with Crippen LogP contribution in [0.15, 0.2) is 48.0 Å². The van der Waals surface area contributed by atoms with E-state index in [0.717, 1.165) is 16.9 Å². The third kappa shape index (κ3) is 6.24. The van der Waals surface area contributed by atoms with Crippen LogP contribution < -0.4 is 10.1 Å². The molecule has 2 aromatic carbocycles. The zero-order valence-corrected chi connectivity index (χ0v) is 19.3. The first-order valence-corrected chi connectivity index (χ1v) is 11.0. The Hall–Kier alpha value is -3.05. The number of thiazole rings is 1. The molecule has 0 amide bonds. The number of Topliss-reactive ketones (excluding diaryl/α,β-unsaturated/α-hetero) is 1. The molecule has 3 aromatic rings. The van der Waals surface area contributed by atoms with Crippen LogP contribution in [-0.4, -0.2) is 30.4 Å². The number of rotatable bonds is 8. The van der Waals surface area contributed by atoms with Gasteiger partial charge in [0.1, 0.15) is 12.4 Å². The monoisotopic (exact) mass is 488 g/mol. The summed E-state index contributed by atoms with van der Waals surface area (Å²) in [5.41, 5.74) is 2.96. The number of nitrogens with one attached hydrogen (secondary N) is 1. The van der Waals surface area contributed by atoms with Crippen molar-refractivity contribution in [3.63, 3.8) is 0 Å². The summed E-state index contributed by atoms with van der Waals surface area (Å²) in [6.45, 7) is 0.411. The quantitative estimate of drug-likeness (QED) is 0.271. The lowest BCUT2D eigenvalue weighted by atomic mass is 10.1. The molecular formula is C23H18Cl2N2O4S. The number of carbonyl (C=O) groups is 2. The van der Waals surface area contributed by atoms with E-state index >= 15 is 0 Å². The third-order valence-corrected chi connectivity index (χ3v) is 5.69. The highest BCUT2D eigenvalue weighted by atomic mass is 35.5. The number of anilines is 1. The zero-order chi connectivity index (χ0) is 22.9. The van der Waals surface area contributed by atoms with Gasteiger partial charge in [-0.05, 0) is 23.6 Å². The van der Waals surface area contributed by atoms with Crippen molar-refractivity contribution < 1.29 is 19.1 Å². The Balaban J connectivity index is 1.65. The van der Waals surface area contributed by atoms with Crippen LogP contribution in [-0.2, 0) is 22.6 Å². The van der Waals surface area contributed by atoms with Crippen molar-refractivity contribution in [3.8, 4) is 17.6 Å². The van der Waals surface area contributed by atoms with E-state index in [9.17, 15) is 9.59 Å². The number of halogens is 2. The molecule has 0 saturated heterocycles. The Morgan fingerprint density at radius 3 is 2.62 bits per heavy atom. The normalized spacial score (nSPS) is 10.1. The Morgan fingerprint density at radius 1 is 1.12 bits per heavy atom. The fourth-order valence-electron chi connectivity index (χ4n) is 2.71. The van der Waals surface area contributed by atoms with E-state index in [1.54, 1.807) is 12.1 Å². The average Bonchev–Trinajstić information content (AvgIpc) is 3.27. The lowest BCUT2D eigenvalue weighted by Gasteiger charge is -2.14. The minimum absolute atomic E-state index is 0.0549. The lowest BCUT2D eigenvalue weighted by molar-refractivity contribution is -0.113. The molecule has 0 aliphatic rings. The van der Waals surface area contributed by atoms with Gasteiger partial charge in [-0.1, -0.05) is 59.5 Å². The van der Waals surface area contributed by atoms with Crippen LogP contribution in [0, 0.1) is 11.8 Å². The number of hydrogen-bond donors (Lipinski definition) is 1. The lowest BCUT2D eigenvalue weighted by Crippen LogP contribution is -2.08. The van der Waals surface area contributed by atoms with Gasteiger partial charge in [-0.2, -0.15) is 0 Å². The number of hydrogen-bond acceptors (Lipinski definition) is 7. The van der Waals surface area contributed by atoms with Gasteiger partial charge in [-0.15, -0.1) is 11.3 Å². The van der Waals surface area contributed by atoms with E-state index < -0.39 is 5.97 Å². The van der Waals surface area contributed by atoms with E-state index in [1.807, 2.05) is 30.3 Å². The molecule has 0 aliphatic heterocycles. The maximum absolute atomic E-state index is 12.4. The van der Waals surface area contributed by atoms with Gasteiger partial charge in [0.15, 0.2) is 10.7 Å². The predicted molar refractivity (Wildman–Crippen MR) is 126 cm³/mol. The van der Waals surface area contributed by atoms with Crippen molar-refractivity contribution >= 4 is 52.1 Å². The Kier molecular flexibility index (Phi) is 8.51. The highest BCUT2D eigenvalue weighted by Crippen LogP contribution is 2.35. The number of ether oxygens (including phenoxy) is 2. The van der Waals surface area contributed by atoms with Crippen LogP contribution in [0.5, 0.6) is 5.75 Å². The highest BCUT2D eigenvalue weighted by Gasteiger charge is 2.16. The van der Waals surface area contributed by atoms with Crippen molar-refractivity contribution in [2.75, 3.05) is 19.0 Å². The zero-order valence-electron chi connectivity index (χ0n) is 17.0. The molecule has 0 aliphatic carbocycles. The molecule has 0 unspecified atom stereocenters. The summed E-state index contributed by atoms with van der Waals surface area (Å²) in [5.74, 6) is 5.16. The number of methoxy groups -OCH3 is 1. The largest absolute Gasteiger partial charge is 0.487 e. The fourth-order valence-corrected chi connectivity index (χ4v) is 3.84. The predicted octanol–water partition coefficient (Wildman–Crippen LogP) is 5.04. The van der Waals surface area contributed by atoms with Crippen LogP contribution >= 0.6 is 34.5 Å². The Morgan fingerprint density at radius 2 is 1.88 bits per heavy atom. The summed E-state index contributed by atoms with van der Waals surface area (Å²) in [7, 11) is 1.29. The molecule has 1 heterocycles. The smallest absolute Gasteiger partial charge is 0.351 e. The molecule has 0 bridgehead atoms. The van der Waals surface area contributed by atoms with Crippen molar-refractivity contribution in [1.29, 1.82) is 0 Å².